The van der Waals surface area contributed by atoms with Gasteiger partial charge in [-0.15, -0.1) is 0 Å². The third-order valence-corrected chi connectivity index (χ3v) is 17.5. The predicted molar refractivity (Wildman–Crippen MR) is 184 cm³/mol. The zero-order valence-corrected chi connectivity index (χ0v) is 31.6. The van der Waals surface area contributed by atoms with Crippen LogP contribution in [0.1, 0.15) is 118 Å². The quantitative estimate of drug-likeness (QED) is 0.141. The Kier molecular flexibility index (Phi) is 7.75. The van der Waals surface area contributed by atoms with E-state index >= 15 is 0 Å². The first kappa shape index (κ1) is 34.6. The topological polar surface area (TPSA) is 125 Å². The lowest BCUT2D eigenvalue weighted by molar-refractivity contribution is -0.225. The molecule has 0 aromatic rings. The van der Waals surface area contributed by atoms with Crippen molar-refractivity contribution in [2.75, 3.05) is 7.11 Å². The Morgan fingerprint density at radius 1 is 0.882 bits per heavy atom. The van der Waals surface area contributed by atoms with Gasteiger partial charge in [0.1, 0.15) is 17.8 Å². The number of methoxy groups -OCH3 is 1. The predicted octanol–water partition coefficient (Wildman–Crippen LogP) is 6.27. The van der Waals surface area contributed by atoms with Crippen molar-refractivity contribution in [2.45, 2.75) is 141 Å². The lowest BCUT2D eigenvalue weighted by Crippen LogP contribution is -2.61. The third-order valence-electron chi connectivity index (χ3n) is 17.5. The molecule has 0 amide bonds. The van der Waals surface area contributed by atoms with Crippen molar-refractivity contribution < 1.29 is 43.2 Å². The third kappa shape index (κ3) is 4.93. The molecule has 0 aromatic carbocycles. The van der Waals surface area contributed by atoms with Crippen LogP contribution >= 0.6 is 0 Å². The average molecular weight is 709 g/mol. The van der Waals surface area contributed by atoms with Crippen LogP contribution in [-0.2, 0) is 38.1 Å². The van der Waals surface area contributed by atoms with Crippen molar-refractivity contribution in [3.63, 3.8) is 0 Å². The Bertz CT molecular complexity index is 1490. The minimum atomic E-state index is -1.16. The Balaban J connectivity index is 0.000000157. The summed E-state index contributed by atoms with van der Waals surface area (Å²) < 4.78 is 22.5. The Morgan fingerprint density at radius 2 is 1.57 bits per heavy atom. The van der Waals surface area contributed by atoms with Crippen molar-refractivity contribution in [1.82, 2.24) is 0 Å². The molecule has 10 bridgehead atoms. The summed E-state index contributed by atoms with van der Waals surface area (Å²) in [6.07, 6.45) is 11.1. The van der Waals surface area contributed by atoms with Gasteiger partial charge < -0.3 is 24.1 Å². The number of fused-ring (bicyclic) bond motifs is 10. The number of aliphatic hydroxyl groups is 1. The van der Waals surface area contributed by atoms with Crippen LogP contribution in [0.3, 0.4) is 0 Å². The zero-order chi connectivity index (χ0) is 36.0. The zero-order valence-electron chi connectivity index (χ0n) is 31.6. The van der Waals surface area contributed by atoms with E-state index in [4.69, 9.17) is 18.9 Å². The molecule has 282 valence electrons. The lowest BCUT2D eigenvalue weighted by Gasteiger charge is -2.59. The molecule has 11 fully saturated rings. The maximum Gasteiger partial charge on any atom is 0.324 e. The van der Waals surface area contributed by atoms with E-state index < -0.39 is 40.6 Å². The van der Waals surface area contributed by atoms with Crippen molar-refractivity contribution in [2.24, 2.45) is 87.8 Å². The molecule has 1 aliphatic heterocycles. The summed E-state index contributed by atoms with van der Waals surface area (Å²) in [6, 6.07) is 0. The van der Waals surface area contributed by atoms with Crippen molar-refractivity contribution in [3.8, 4) is 0 Å². The molecule has 9 nitrogen and oxygen atoms in total. The monoisotopic (exact) mass is 708 g/mol. The smallest absolute Gasteiger partial charge is 0.324 e. The highest BCUT2D eigenvalue weighted by Gasteiger charge is 2.75. The van der Waals surface area contributed by atoms with E-state index in [0.29, 0.717) is 49.4 Å². The van der Waals surface area contributed by atoms with Gasteiger partial charge in [0.2, 0.25) is 0 Å². The van der Waals surface area contributed by atoms with Crippen LogP contribution in [0.2, 0.25) is 0 Å². The van der Waals surface area contributed by atoms with E-state index in [1.54, 1.807) is 0 Å². The average Bonchev–Trinajstić information content (AvgIpc) is 3.91. The van der Waals surface area contributed by atoms with Crippen LogP contribution in [-0.4, -0.2) is 59.5 Å². The molecule has 10 aliphatic carbocycles. The van der Waals surface area contributed by atoms with E-state index in [2.05, 4.69) is 13.8 Å². The number of hydrogen-bond acceptors (Lipinski definition) is 9. The molecule has 0 spiro atoms. The molecule has 1 N–H and O–H groups in total. The van der Waals surface area contributed by atoms with Gasteiger partial charge in [-0.3, -0.25) is 19.2 Å². The standard InChI is InChI=1S/C26H34O6.C16H26O3/c1-10-11(2)16-8-15(10)20-13-4-12(17(5-13)21(16)20)7-19(27)31-22-14-6-18-23(22)32-25(29)26(18,9-14)24(28)30-3;1-4-14(2,3)13(17)19-16-8-11-5-12(9-16)7-15(18,6-11)10-16/h10-18,20-23H,4-9H2,1-3H3;11-12,18H,4-10H2,1-3H3. The summed E-state index contributed by atoms with van der Waals surface area (Å²) in [5.74, 6) is 6.91. The summed E-state index contributed by atoms with van der Waals surface area (Å²) in [4.78, 5) is 50.4. The van der Waals surface area contributed by atoms with Crippen LogP contribution in [0.15, 0.2) is 0 Å². The Hall–Kier alpha value is -2.16. The summed E-state index contributed by atoms with van der Waals surface area (Å²) in [5.41, 5.74) is -2.49. The van der Waals surface area contributed by atoms with Crippen molar-refractivity contribution >= 4 is 23.9 Å². The fraction of sp³-hybridized carbons (Fsp3) is 0.905. The Labute approximate surface area is 303 Å². The SMILES string of the molecule is CCC(C)(C)C(=O)OC12CC3CC(CC(O)(C3)C1)C2.COC(=O)C12CC3CC1C(OC2=O)C3OC(=O)CC1CC2CC1C1C3CC(C(C)C3C)C21. The molecule has 16 atom stereocenters. The number of carbonyl (C=O) groups is 4. The second-order valence-electron chi connectivity index (χ2n) is 20.4. The maximum absolute atomic E-state index is 13.0. The van der Waals surface area contributed by atoms with E-state index in [0.717, 1.165) is 73.5 Å². The van der Waals surface area contributed by atoms with Gasteiger partial charge >= 0.3 is 23.9 Å². The highest BCUT2D eigenvalue weighted by Crippen LogP contribution is 2.72. The molecular formula is C42H60O9. The number of esters is 4. The molecular weight excluding hydrogens is 648 g/mol. The Morgan fingerprint density at radius 3 is 2.22 bits per heavy atom. The van der Waals surface area contributed by atoms with Crippen LogP contribution in [0.4, 0.5) is 0 Å². The van der Waals surface area contributed by atoms with E-state index in [9.17, 15) is 24.3 Å². The number of carbonyl (C=O) groups excluding carboxylic acids is 4. The van der Waals surface area contributed by atoms with Gasteiger partial charge in [-0.25, -0.2) is 0 Å². The first-order valence-electron chi connectivity index (χ1n) is 20.6. The molecule has 16 unspecified atom stereocenters. The minimum absolute atomic E-state index is 0.0109. The van der Waals surface area contributed by atoms with E-state index in [-0.39, 0.29) is 29.4 Å². The first-order chi connectivity index (χ1) is 24.1. The fourth-order valence-electron chi connectivity index (χ4n) is 15.4. The van der Waals surface area contributed by atoms with E-state index in [1.807, 2.05) is 20.8 Å². The molecule has 0 aromatic heterocycles. The summed E-state index contributed by atoms with van der Waals surface area (Å²) in [5, 5.41) is 10.6. The van der Waals surface area contributed by atoms with Crippen molar-refractivity contribution in [1.29, 1.82) is 0 Å². The van der Waals surface area contributed by atoms with Crippen LogP contribution in [0, 0.1) is 87.8 Å². The van der Waals surface area contributed by atoms with Crippen LogP contribution in [0.25, 0.3) is 0 Å². The van der Waals surface area contributed by atoms with E-state index in [1.165, 1.54) is 32.8 Å². The van der Waals surface area contributed by atoms with Gasteiger partial charge in [-0.1, -0.05) is 20.8 Å². The van der Waals surface area contributed by atoms with Gasteiger partial charge in [0, 0.05) is 24.7 Å². The lowest BCUT2D eigenvalue weighted by atomic mass is 9.52. The molecule has 0 radical (unpaired) electrons. The normalized spacial score (nSPS) is 52.8. The van der Waals surface area contributed by atoms with Gasteiger partial charge in [0.15, 0.2) is 5.41 Å². The number of ether oxygens (including phenoxy) is 4. The largest absolute Gasteiger partial charge is 0.468 e. The highest BCUT2D eigenvalue weighted by atomic mass is 16.6. The van der Waals surface area contributed by atoms with Gasteiger partial charge in [-0.2, -0.15) is 0 Å². The molecule has 51 heavy (non-hydrogen) atoms. The van der Waals surface area contributed by atoms with Gasteiger partial charge in [-0.05, 0) is 150 Å². The van der Waals surface area contributed by atoms with Crippen molar-refractivity contribution in [3.05, 3.63) is 0 Å². The molecule has 9 heteroatoms. The first-order valence-corrected chi connectivity index (χ1v) is 20.6. The molecule has 11 rings (SSSR count). The number of rotatable bonds is 7. The molecule has 1 heterocycles. The second-order valence-corrected chi connectivity index (χ2v) is 20.4. The summed E-state index contributed by atoms with van der Waals surface area (Å²) >= 11 is 0. The summed E-state index contributed by atoms with van der Waals surface area (Å²) in [7, 11) is 1.32. The van der Waals surface area contributed by atoms with Crippen LogP contribution < -0.4 is 0 Å². The highest BCUT2D eigenvalue weighted by molar-refractivity contribution is 6.03. The maximum atomic E-state index is 13.0. The second kappa shape index (κ2) is 11.4. The molecule has 1 saturated heterocycles. The molecule has 10 saturated carbocycles. The van der Waals surface area contributed by atoms with Gasteiger partial charge in [0.05, 0.1) is 18.1 Å². The summed E-state index contributed by atoms with van der Waals surface area (Å²) in [6.45, 7) is 10.8. The molecule has 11 aliphatic rings. The fourth-order valence-corrected chi connectivity index (χ4v) is 15.4. The number of hydrogen-bond donors (Lipinski definition) is 1. The van der Waals surface area contributed by atoms with Gasteiger partial charge in [0.25, 0.3) is 0 Å². The minimum Gasteiger partial charge on any atom is -0.468 e. The van der Waals surface area contributed by atoms with Crippen LogP contribution in [0.5, 0.6) is 0 Å².